The minimum absolute atomic E-state index is 0.184. The molecule has 4 aromatic heterocycles. The Morgan fingerprint density at radius 1 is 0.541 bits per heavy atom. The van der Waals surface area contributed by atoms with Gasteiger partial charge in [-0.3, -0.25) is 0 Å². The minimum atomic E-state index is -4.73. The Labute approximate surface area is 425 Å². The number of anilines is 4. The van der Waals surface area contributed by atoms with Crippen LogP contribution in [0, 0.1) is 50.4 Å². The second kappa shape index (κ2) is 19.7. The molecular formula is C56H62F6N8O4. The van der Waals surface area contributed by atoms with Crippen LogP contribution in [0.5, 0.6) is 11.5 Å². The van der Waals surface area contributed by atoms with E-state index < -0.39 is 12.7 Å². The van der Waals surface area contributed by atoms with Crippen LogP contribution in [-0.4, -0.2) is 42.1 Å². The number of ether oxygens (including phenoxy) is 2. The third-order valence-corrected chi connectivity index (χ3v) is 14.2. The number of hydrogen-bond donors (Lipinski definition) is 2. The van der Waals surface area contributed by atoms with Gasteiger partial charge in [-0.05, 0) is 173 Å². The standard InChI is InChI=1S/2C28H31F3N4O2/c2*1-16-12-21(15-27(4,5)14-16)35-24-11-6-19(25-17(2)34-37-18(25)3)13-23(24)33-26(35)32-20-7-9-22(10-8-20)36-28(29,30)31/h2*6-11,13,16,21H,12,14-15H2,1-5H3,(H,32,33)/t2*16-,21+/m10/s1. The molecule has 74 heavy (non-hydrogen) atoms. The summed E-state index contributed by atoms with van der Waals surface area (Å²) in [5.41, 5.74) is 10.8. The lowest BCUT2D eigenvalue weighted by atomic mass is 9.70. The van der Waals surface area contributed by atoms with Crippen LogP contribution in [0.4, 0.5) is 49.6 Å². The molecule has 392 valence electrons. The largest absolute Gasteiger partial charge is 0.573 e. The molecule has 2 aliphatic carbocycles. The zero-order valence-corrected chi connectivity index (χ0v) is 43.2. The zero-order valence-electron chi connectivity index (χ0n) is 43.2. The fourth-order valence-corrected chi connectivity index (χ4v) is 11.9. The van der Waals surface area contributed by atoms with Crippen molar-refractivity contribution < 1.29 is 44.9 Å². The maximum Gasteiger partial charge on any atom is 0.573 e. The maximum absolute atomic E-state index is 12.6. The smallest absolute Gasteiger partial charge is 0.406 e. The third-order valence-electron chi connectivity index (χ3n) is 14.2. The Hall–Kier alpha value is -6.98. The van der Waals surface area contributed by atoms with E-state index in [0.717, 1.165) is 106 Å². The summed E-state index contributed by atoms with van der Waals surface area (Å²) < 4.78 is 98.8. The van der Waals surface area contributed by atoms with Crippen molar-refractivity contribution in [1.82, 2.24) is 29.4 Å². The van der Waals surface area contributed by atoms with Gasteiger partial charge in [0, 0.05) is 34.6 Å². The van der Waals surface area contributed by atoms with Crippen LogP contribution >= 0.6 is 0 Å². The molecule has 0 saturated heterocycles. The molecule has 4 atom stereocenters. The van der Waals surface area contributed by atoms with Crippen molar-refractivity contribution in [1.29, 1.82) is 0 Å². The molecule has 0 aliphatic heterocycles. The summed E-state index contributed by atoms with van der Waals surface area (Å²) in [7, 11) is 0. The van der Waals surface area contributed by atoms with E-state index in [1.54, 1.807) is 24.3 Å². The van der Waals surface area contributed by atoms with Crippen LogP contribution < -0.4 is 20.1 Å². The Kier molecular flexibility index (Phi) is 13.8. The highest BCUT2D eigenvalue weighted by atomic mass is 19.4. The van der Waals surface area contributed by atoms with Gasteiger partial charge in [-0.1, -0.05) is 64.0 Å². The van der Waals surface area contributed by atoms with E-state index in [1.165, 1.54) is 24.3 Å². The number of alkyl halides is 6. The molecule has 0 bridgehead atoms. The van der Waals surface area contributed by atoms with Crippen LogP contribution in [0.15, 0.2) is 94.0 Å². The second-order valence-corrected chi connectivity index (χ2v) is 21.9. The van der Waals surface area contributed by atoms with Gasteiger partial charge in [0.15, 0.2) is 0 Å². The normalized spacial score (nSPS) is 19.8. The SMILES string of the molecule is Cc1noc(C)c1-c1ccc2c(c1)nc(Nc1ccc(OC(F)(F)F)cc1)n2[C@@H]1C[C@H](C)CC(C)(C)C1.Cc1noc(C)c1-c1ccc2c(c1)nc(Nc1ccc(OC(F)(F)F)cc1)n2[C@H]1C[C@@H](C)CC(C)(C)C1. The van der Waals surface area contributed by atoms with Crippen molar-refractivity contribution in [3.8, 4) is 33.8 Å². The highest BCUT2D eigenvalue weighted by molar-refractivity contribution is 5.87. The molecule has 0 unspecified atom stereocenters. The van der Waals surface area contributed by atoms with E-state index in [4.69, 9.17) is 19.0 Å². The van der Waals surface area contributed by atoms with Crippen molar-refractivity contribution in [3.05, 3.63) is 108 Å². The molecule has 0 amide bonds. The molecule has 2 aliphatic rings. The van der Waals surface area contributed by atoms with Crippen molar-refractivity contribution >= 4 is 45.3 Å². The Morgan fingerprint density at radius 2 is 0.905 bits per heavy atom. The molecule has 12 nitrogen and oxygen atoms in total. The molecule has 2 saturated carbocycles. The van der Waals surface area contributed by atoms with Gasteiger partial charge in [0.05, 0.1) is 33.5 Å². The van der Waals surface area contributed by atoms with Crippen LogP contribution in [0.1, 0.15) is 115 Å². The fourth-order valence-electron chi connectivity index (χ4n) is 11.9. The average Bonchev–Trinajstić information content (AvgIpc) is 4.03. The summed E-state index contributed by atoms with van der Waals surface area (Å²) in [4.78, 5) is 9.91. The van der Waals surface area contributed by atoms with Crippen LogP contribution in [-0.2, 0) is 0 Å². The highest BCUT2D eigenvalue weighted by Crippen LogP contribution is 2.48. The van der Waals surface area contributed by atoms with Gasteiger partial charge in [0.2, 0.25) is 11.9 Å². The van der Waals surface area contributed by atoms with Crippen molar-refractivity contribution in [2.24, 2.45) is 22.7 Å². The lowest BCUT2D eigenvalue weighted by molar-refractivity contribution is -0.275. The summed E-state index contributed by atoms with van der Waals surface area (Å²) in [5, 5.41) is 14.9. The van der Waals surface area contributed by atoms with Gasteiger partial charge >= 0.3 is 12.7 Å². The minimum Gasteiger partial charge on any atom is -0.406 e. The lowest BCUT2D eigenvalue weighted by Gasteiger charge is -2.40. The lowest BCUT2D eigenvalue weighted by Crippen LogP contribution is -2.29. The molecule has 18 heteroatoms. The van der Waals surface area contributed by atoms with Crippen molar-refractivity contribution in [2.75, 3.05) is 10.6 Å². The maximum atomic E-state index is 12.6. The number of aryl methyl sites for hydroxylation is 4. The van der Waals surface area contributed by atoms with E-state index in [9.17, 15) is 26.3 Å². The number of halogens is 6. The number of benzene rings is 4. The first-order valence-corrected chi connectivity index (χ1v) is 24.9. The monoisotopic (exact) mass is 1020 g/mol. The first-order chi connectivity index (χ1) is 34.8. The number of hydrogen-bond acceptors (Lipinski definition) is 10. The van der Waals surface area contributed by atoms with Crippen LogP contribution in [0.3, 0.4) is 0 Å². The molecule has 4 aromatic carbocycles. The molecule has 0 radical (unpaired) electrons. The molecule has 2 N–H and O–H groups in total. The number of fused-ring (bicyclic) bond motifs is 2. The number of nitrogens with one attached hydrogen (secondary N) is 2. The van der Waals surface area contributed by atoms with Gasteiger partial charge in [0.25, 0.3) is 0 Å². The van der Waals surface area contributed by atoms with Crippen LogP contribution in [0.25, 0.3) is 44.3 Å². The van der Waals surface area contributed by atoms with Gasteiger partial charge < -0.3 is 38.3 Å². The molecular weight excluding hydrogens is 963 g/mol. The number of aromatic nitrogens is 6. The zero-order chi connectivity index (χ0) is 53.1. The quantitative estimate of drug-likeness (QED) is 0.128. The summed E-state index contributed by atoms with van der Waals surface area (Å²) in [5.74, 6) is 3.39. The summed E-state index contributed by atoms with van der Waals surface area (Å²) in [6, 6.07) is 24.3. The number of imidazole rings is 2. The van der Waals surface area contributed by atoms with Gasteiger partial charge in [0.1, 0.15) is 23.0 Å². The molecule has 4 heterocycles. The van der Waals surface area contributed by atoms with Crippen LogP contribution in [0.2, 0.25) is 0 Å². The van der Waals surface area contributed by atoms with E-state index in [0.29, 0.717) is 35.1 Å². The van der Waals surface area contributed by atoms with Gasteiger partial charge in [-0.2, -0.15) is 0 Å². The molecule has 2 fully saturated rings. The first kappa shape index (κ1) is 51.9. The summed E-state index contributed by atoms with van der Waals surface area (Å²) in [6.45, 7) is 21.4. The topological polar surface area (TPSA) is 130 Å². The third kappa shape index (κ3) is 11.7. The summed E-state index contributed by atoms with van der Waals surface area (Å²) in [6.07, 6.45) is -3.09. The number of rotatable bonds is 10. The average molecular weight is 1030 g/mol. The first-order valence-electron chi connectivity index (χ1n) is 24.9. The predicted molar refractivity (Wildman–Crippen MR) is 274 cm³/mol. The molecule has 8 aromatic rings. The van der Waals surface area contributed by atoms with Crippen molar-refractivity contribution in [3.63, 3.8) is 0 Å². The highest BCUT2D eigenvalue weighted by Gasteiger charge is 2.37. The van der Waals surface area contributed by atoms with E-state index in [-0.39, 0.29) is 34.4 Å². The van der Waals surface area contributed by atoms with Gasteiger partial charge in [-0.25, -0.2) is 9.97 Å². The van der Waals surface area contributed by atoms with E-state index in [2.05, 4.69) is 105 Å². The number of nitrogens with zero attached hydrogens (tertiary/aromatic N) is 6. The van der Waals surface area contributed by atoms with Gasteiger partial charge in [-0.15, -0.1) is 26.3 Å². The second-order valence-electron chi connectivity index (χ2n) is 21.9. The molecule has 10 rings (SSSR count). The Bertz CT molecular complexity index is 3020. The van der Waals surface area contributed by atoms with E-state index >= 15 is 0 Å². The Balaban J connectivity index is 0.000000182. The van der Waals surface area contributed by atoms with Crippen molar-refractivity contribution in [2.45, 2.75) is 133 Å². The van der Waals surface area contributed by atoms with E-state index in [1.807, 2.05) is 39.8 Å². The fraction of sp³-hybridized carbons (Fsp3) is 0.429. The predicted octanol–water partition coefficient (Wildman–Crippen LogP) is 16.7. The molecule has 0 spiro atoms. The summed E-state index contributed by atoms with van der Waals surface area (Å²) >= 11 is 0. The Morgan fingerprint density at radius 3 is 1.22 bits per heavy atom.